The Morgan fingerprint density at radius 3 is 2.52 bits per heavy atom. The van der Waals surface area contributed by atoms with Crippen LogP contribution < -0.4 is 0 Å². The lowest BCUT2D eigenvalue weighted by Gasteiger charge is -2.39. The van der Waals surface area contributed by atoms with Crippen LogP contribution in [0.3, 0.4) is 0 Å². The van der Waals surface area contributed by atoms with Crippen molar-refractivity contribution in [1.29, 1.82) is 0 Å². The smallest absolute Gasteiger partial charge is 0.410 e. The molecule has 0 unspecified atom stereocenters. The number of piperazine rings is 1. The van der Waals surface area contributed by atoms with Gasteiger partial charge in [0.05, 0.1) is 6.54 Å². The van der Waals surface area contributed by atoms with Crippen LogP contribution in [0, 0.1) is 0 Å². The Balaban J connectivity index is 2.03. The molecule has 2 rings (SSSR count). The quantitative estimate of drug-likeness (QED) is 0.910. The lowest BCUT2D eigenvalue weighted by Crippen LogP contribution is -2.57. The fourth-order valence-electron chi connectivity index (χ4n) is 2.46. The number of carboxylic acids is 1. The summed E-state index contributed by atoms with van der Waals surface area (Å²) < 4.78 is 5.33. The zero-order valence-corrected chi connectivity index (χ0v) is 13.7. The molecule has 7 heteroatoms. The fourth-order valence-corrected chi connectivity index (χ4v) is 2.46. The largest absolute Gasteiger partial charge is 0.480 e. The first-order valence-corrected chi connectivity index (χ1v) is 7.60. The van der Waals surface area contributed by atoms with E-state index in [1.54, 1.807) is 33.2 Å². The van der Waals surface area contributed by atoms with Crippen molar-refractivity contribution >= 4 is 12.1 Å². The van der Waals surface area contributed by atoms with Crippen LogP contribution in [0.1, 0.15) is 26.3 Å². The highest BCUT2D eigenvalue weighted by molar-refractivity contribution is 5.76. The Labute approximate surface area is 135 Å². The molecule has 0 saturated carbocycles. The van der Waals surface area contributed by atoms with Gasteiger partial charge in [0.2, 0.25) is 0 Å². The first kappa shape index (κ1) is 17.2. The number of carbonyl (C=O) groups is 2. The molecule has 0 aliphatic carbocycles. The first-order chi connectivity index (χ1) is 10.8. The van der Waals surface area contributed by atoms with E-state index in [2.05, 4.69) is 4.98 Å². The average molecular weight is 321 g/mol. The number of hydrogen-bond acceptors (Lipinski definition) is 5. The van der Waals surface area contributed by atoms with E-state index in [0.29, 0.717) is 19.6 Å². The van der Waals surface area contributed by atoms with Gasteiger partial charge in [0.25, 0.3) is 0 Å². The SMILES string of the molecule is CC(C)(C)OC(=O)N1CCN(Cc2ccncc2)[C@@H](C(=O)O)C1. The summed E-state index contributed by atoms with van der Waals surface area (Å²) in [5.74, 6) is -0.938. The average Bonchev–Trinajstić information content (AvgIpc) is 2.46. The van der Waals surface area contributed by atoms with Crippen LogP contribution in [0.2, 0.25) is 0 Å². The Hall–Kier alpha value is -2.15. The van der Waals surface area contributed by atoms with Gasteiger partial charge in [-0.1, -0.05) is 0 Å². The minimum Gasteiger partial charge on any atom is -0.480 e. The third-order valence-corrected chi connectivity index (χ3v) is 3.56. The second kappa shape index (κ2) is 6.95. The molecule has 1 atom stereocenters. The predicted molar refractivity (Wildman–Crippen MR) is 83.9 cm³/mol. The number of amides is 1. The van der Waals surface area contributed by atoms with Gasteiger partial charge in [-0.25, -0.2) is 4.79 Å². The van der Waals surface area contributed by atoms with Crippen molar-refractivity contribution in [2.75, 3.05) is 19.6 Å². The number of carboxylic acid groups (broad SMARTS) is 1. The molecule has 1 N–H and O–H groups in total. The maximum absolute atomic E-state index is 12.1. The summed E-state index contributed by atoms with van der Waals surface area (Å²) in [7, 11) is 0. The topological polar surface area (TPSA) is 83.0 Å². The number of carbonyl (C=O) groups excluding carboxylic acids is 1. The second-order valence-electron chi connectivity index (χ2n) is 6.61. The van der Waals surface area contributed by atoms with Gasteiger partial charge in [0.15, 0.2) is 0 Å². The molecule has 1 aromatic heterocycles. The Bertz CT molecular complexity index is 556. The van der Waals surface area contributed by atoms with Crippen LogP contribution in [-0.2, 0) is 16.1 Å². The molecule has 0 aromatic carbocycles. The van der Waals surface area contributed by atoms with Crippen LogP contribution in [-0.4, -0.2) is 63.2 Å². The van der Waals surface area contributed by atoms with E-state index >= 15 is 0 Å². The molecule has 0 spiro atoms. The van der Waals surface area contributed by atoms with Crippen molar-refractivity contribution in [3.8, 4) is 0 Å². The van der Waals surface area contributed by atoms with Gasteiger partial charge < -0.3 is 14.7 Å². The highest BCUT2D eigenvalue weighted by atomic mass is 16.6. The number of ether oxygens (including phenoxy) is 1. The van der Waals surface area contributed by atoms with Gasteiger partial charge in [-0.05, 0) is 38.5 Å². The number of pyridine rings is 1. The minimum atomic E-state index is -0.938. The number of rotatable bonds is 3. The van der Waals surface area contributed by atoms with Crippen LogP contribution in [0.4, 0.5) is 4.79 Å². The van der Waals surface area contributed by atoms with Gasteiger partial charge in [0, 0.05) is 32.0 Å². The normalized spacial score (nSPS) is 19.4. The summed E-state index contributed by atoms with van der Waals surface area (Å²) >= 11 is 0. The van der Waals surface area contributed by atoms with E-state index < -0.39 is 23.7 Å². The molecule has 1 amide bonds. The summed E-state index contributed by atoms with van der Waals surface area (Å²) in [6.45, 7) is 6.94. The zero-order valence-electron chi connectivity index (χ0n) is 13.7. The van der Waals surface area contributed by atoms with Crippen molar-refractivity contribution in [2.45, 2.75) is 39.0 Å². The van der Waals surface area contributed by atoms with Gasteiger partial charge in [-0.2, -0.15) is 0 Å². The highest BCUT2D eigenvalue weighted by Gasteiger charge is 2.35. The van der Waals surface area contributed by atoms with E-state index in [0.717, 1.165) is 5.56 Å². The minimum absolute atomic E-state index is 0.120. The summed E-state index contributed by atoms with van der Waals surface area (Å²) in [6, 6.07) is 2.97. The standard InChI is InChI=1S/C16H23N3O4/c1-16(2,3)23-15(22)19-9-8-18(13(11-19)14(20)21)10-12-4-6-17-7-5-12/h4-7,13H,8-11H2,1-3H3,(H,20,21)/t13-/m1/s1. The number of nitrogens with zero attached hydrogens (tertiary/aromatic N) is 3. The molecule has 7 nitrogen and oxygen atoms in total. The van der Waals surface area contributed by atoms with Crippen LogP contribution in [0.5, 0.6) is 0 Å². The van der Waals surface area contributed by atoms with E-state index in [1.807, 2.05) is 17.0 Å². The molecule has 2 heterocycles. The van der Waals surface area contributed by atoms with Gasteiger partial charge >= 0.3 is 12.1 Å². The van der Waals surface area contributed by atoms with E-state index in [1.165, 1.54) is 4.90 Å². The molecule has 0 bridgehead atoms. The Morgan fingerprint density at radius 2 is 1.96 bits per heavy atom. The molecule has 1 aliphatic heterocycles. The molecule has 1 aliphatic rings. The van der Waals surface area contributed by atoms with Crippen LogP contribution in [0.25, 0.3) is 0 Å². The van der Waals surface area contributed by atoms with Gasteiger partial charge in [0.1, 0.15) is 11.6 Å². The Morgan fingerprint density at radius 1 is 1.30 bits per heavy atom. The Kier molecular flexibility index (Phi) is 5.20. The lowest BCUT2D eigenvalue weighted by atomic mass is 10.1. The number of aromatic nitrogens is 1. The first-order valence-electron chi connectivity index (χ1n) is 7.60. The van der Waals surface area contributed by atoms with E-state index in [9.17, 15) is 14.7 Å². The van der Waals surface area contributed by atoms with Crippen LogP contribution >= 0.6 is 0 Å². The van der Waals surface area contributed by atoms with Crippen molar-refractivity contribution in [2.24, 2.45) is 0 Å². The van der Waals surface area contributed by atoms with Gasteiger partial charge in [-0.3, -0.25) is 14.7 Å². The van der Waals surface area contributed by atoms with Gasteiger partial charge in [-0.15, -0.1) is 0 Å². The van der Waals surface area contributed by atoms with E-state index in [-0.39, 0.29) is 6.54 Å². The molecule has 23 heavy (non-hydrogen) atoms. The van der Waals surface area contributed by atoms with Crippen LogP contribution in [0.15, 0.2) is 24.5 Å². The highest BCUT2D eigenvalue weighted by Crippen LogP contribution is 2.17. The van der Waals surface area contributed by atoms with Crippen molar-refractivity contribution in [3.63, 3.8) is 0 Å². The van der Waals surface area contributed by atoms with E-state index in [4.69, 9.17) is 4.74 Å². The summed E-state index contributed by atoms with van der Waals surface area (Å²) in [5.41, 5.74) is 0.404. The number of hydrogen-bond donors (Lipinski definition) is 1. The molecule has 0 radical (unpaired) electrons. The molecular weight excluding hydrogens is 298 g/mol. The summed E-state index contributed by atoms with van der Waals surface area (Å²) in [6.07, 6.45) is 2.90. The predicted octanol–water partition coefficient (Wildman–Crippen LogP) is 1.59. The van der Waals surface area contributed by atoms with Crippen molar-refractivity contribution in [1.82, 2.24) is 14.8 Å². The summed E-state index contributed by atoms with van der Waals surface area (Å²) in [4.78, 5) is 31.0. The number of aliphatic carboxylic acids is 1. The fraction of sp³-hybridized carbons (Fsp3) is 0.562. The maximum atomic E-state index is 12.1. The maximum Gasteiger partial charge on any atom is 0.410 e. The molecule has 126 valence electrons. The third-order valence-electron chi connectivity index (χ3n) is 3.56. The third kappa shape index (κ3) is 4.92. The lowest BCUT2D eigenvalue weighted by molar-refractivity contribution is -0.145. The molecule has 1 fully saturated rings. The van der Waals surface area contributed by atoms with Crippen molar-refractivity contribution in [3.05, 3.63) is 30.1 Å². The zero-order chi connectivity index (χ0) is 17.0. The monoisotopic (exact) mass is 321 g/mol. The summed E-state index contributed by atoms with van der Waals surface area (Å²) in [5, 5.41) is 9.49. The molecule has 1 saturated heterocycles. The second-order valence-corrected chi connectivity index (χ2v) is 6.61. The molecular formula is C16H23N3O4. The van der Waals surface area contributed by atoms with Crippen molar-refractivity contribution < 1.29 is 19.4 Å². The molecule has 1 aromatic rings.